The van der Waals surface area contributed by atoms with E-state index in [1.165, 1.54) is 23.6 Å². The van der Waals surface area contributed by atoms with Gasteiger partial charge in [-0.05, 0) is 37.3 Å². The Labute approximate surface area is 181 Å². The quantitative estimate of drug-likeness (QED) is 0.444. The largest absolute Gasteiger partial charge is 0.487 e. The zero-order valence-corrected chi connectivity index (χ0v) is 17.3. The Morgan fingerprint density at radius 1 is 1.22 bits per heavy atom. The number of aromatic nitrogens is 4. The van der Waals surface area contributed by atoms with Crippen LogP contribution in [0.1, 0.15) is 30.2 Å². The minimum absolute atomic E-state index is 0.114. The van der Waals surface area contributed by atoms with Crippen molar-refractivity contribution in [3.05, 3.63) is 66.5 Å². The molecule has 0 unspecified atom stereocenters. The summed E-state index contributed by atoms with van der Waals surface area (Å²) in [5.74, 6) is 0.0246. The molecule has 4 rings (SSSR count). The molecule has 0 aliphatic carbocycles. The van der Waals surface area contributed by atoms with Crippen molar-refractivity contribution in [1.29, 1.82) is 0 Å². The van der Waals surface area contributed by atoms with Gasteiger partial charge in [0.1, 0.15) is 24.0 Å². The Balaban J connectivity index is 1.62. The van der Waals surface area contributed by atoms with Crippen LogP contribution in [0.2, 0.25) is 0 Å². The van der Waals surface area contributed by atoms with Gasteiger partial charge in [-0.15, -0.1) is 0 Å². The number of ether oxygens (including phenoxy) is 1. The van der Waals surface area contributed by atoms with E-state index in [4.69, 9.17) is 4.74 Å². The first-order valence-corrected chi connectivity index (χ1v) is 9.82. The van der Waals surface area contributed by atoms with E-state index in [-0.39, 0.29) is 11.7 Å². The third-order valence-electron chi connectivity index (χ3n) is 4.90. The lowest BCUT2D eigenvalue weighted by molar-refractivity contribution is 0.0812. The Hall–Kier alpha value is -3.82. The van der Waals surface area contributed by atoms with E-state index in [0.29, 0.717) is 17.0 Å². The number of carbonyl (C=O) groups excluding carboxylic acids is 1. The van der Waals surface area contributed by atoms with Crippen LogP contribution in [-0.2, 0) is 0 Å². The highest BCUT2D eigenvalue weighted by atomic mass is 19.3. The van der Waals surface area contributed by atoms with Gasteiger partial charge >= 0.3 is 0 Å². The molecule has 1 atom stereocenters. The Kier molecular flexibility index (Phi) is 5.85. The van der Waals surface area contributed by atoms with Crippen LogP contribution in [0, 0.1) is 5.82 Å². The van der Waals surface area contributed by atoms with Crippen molar-refractivity contribution >= 4 is 17.4 Å². The number of carbonyl (C=O) groups is 1. The molecule has 0 aliphatic rings. The number of anilines is 1. The molecule has 0 amide bonds. The van der Waals surface area contributed by atoms with Crippen LogP contribution >= 0.6 is 0 Å². The van der Waals surface area contributed by atoms with Gasteiger partial charge in [-0.25, -0.2) is 22.7 Å². The number of rotatable bonds is 7. The monoisotopic (exact) mass is 443 g/mol. The van der Waals surface area contributed by atoms with E-state index in [0.717, 1.165) is 17.2 Å². The van der Waals surface area contributed by atoms with Gasteiger partial charge in [0.2, 0.25) is 5.91 Å². The molecule has 0 spiro atoms. The van der Waals surface area contributed by atoms with Crippen molar-refractivity contribution in [1.82, 2.24) is 19.2 Å². The Bertz CT molecular complexity index is 1270. The minimum atomic E-state index is -2.64. The fourth-order valence-electron chi connectivity index (χ4n) is 3.35. The van der Waals surface area contributed by atoms with Crippen molar-refractivity contribution in [2.75, 3.05) is 11.9 Å². The van der Waals surface area contributed by atoms with Gasteiger partial charge in [0.25, 0.3) is 6.43 Å². The summed E-state index contributed by atoms with van der Waals surface area (Å²) < 4.78 is 47.2. The summed E-state index contributed by atoms with van der Waals surface area (Å²) in [6, 6.07) is 6.73. The molecule has 7 nitrogen and oxygen atoms in total. The molecule has 3 aromatic heterocycles. The van der Waals surface area contributed by atoms with Crippen LogP contribution in [0.4, 0.5) is 19.0 Å². The summed E-state index contributed by atoms with van der Waals surface area (Å²) in [5, 5.41) is 7.44. The zero-order valence-electron chi connectivity index (χ0n) is 17.3. The molecule has 0 saturated carbocycles. The number of alkyl halides is 2. The predicted octanol–water partition coefficient (Wildman–Crippen LogP) is 4.81. The van der Waals surface area contributed by atoms with E-state index in [1.54, 1.807) is 48.4 Å². The summed E-state index contributed by atoms with van der Waals surface area (Å²) in [4.78, 5) is 16.2. The van der Waals surface area contributed by atoms with Crippen LogP contribution in [0.25, 0.3) is 16.8 Å². The molecular formula is C22H20F3N5O2. The number of hydrogen-bond acceptors (Lipinski definition) is 5. The second-order valence-corrected chi connectivity index (χ2v) is 7.22. The SMILES string of the molecule is CC(=O)n1ccc(-c2cnn3ccc(N[C@H](C)c4cc(F)ccc4OCC(F)F)nc23)c1. The molecule has 4 aromatic rings. The van der Waals surface area contributed by atoms with Crippen LogP contribution in [0.3, 0.4) is 0 Å². The molecule has 166 valence electrons. The summed E-state index contributed by atoms with van der Waals surface area (Å²) in [5.41, 5.74) is 2.45. The first-order chi connectivity index (χ1) is 15.3. The van der Waals surface area contributed by atoms with E-state index in [9.17, 15) is 18.0 Å². The summed E-state index contributed by atoms with van der Waals surface area (Å²) in [6.45, 7) is 2.43. The van der Waals surface area contributed by atoms with Crippen molar-refractivity contribution in [2.45, 2.75) is 26.3 Å². The second-order valence-electron chi connectivity index (χ2n) is 7.22. The van der Waals surface area contributed by atoms with Crippen LogP contribution in [0.15, 0.2) is 55.1 Å². The molecule has 0 fully saturated rings. The molecule has 0 radical (unpaired) electrons. The standard InChI is InChI=1S/C22H20F3N5O2/c1-13(17-9-16(23)3-4-19(17)32-12-20(24)25)27-21-6-8-30-22(28-21)18(10-26-30)15-5-7-29(11-15)14(2)31/h3-11,13,20H,12H2,1-2H3,(H,27,28)/t13-/m1/s1. The first-order valence-electron chi connectivity index (χ1n) is 9.82. The molecule has 0 bridgehead atoms. The number of benzene rings is 1. The molecular weight excluding hydrogens is 423 g/mol. The average molecular weight is 443 g/mol. The summed E-state index contributed by atoms with van der Waals surface area (Å²) in [7, 11) is 0. The van der Waals surface area contributed by atoms with Gasteiger partial charge in [0, 0.05) is 42.2 Å². The minimum Gasteiger partial charge on any atom is -0.487 e. The van der Waals surface area contributed by atoms with E-state index in [2.05, 4.69) is 15.4 Å². The first kappa shape index (κ1) is 21.4. The molecule has 10 heteroatoms. The topological polar surface area (TPSA) is 73.5 Å². The van der Waals surface area contributed by atoms with Gasteiger partial charge in [-0.1, -0.05) is 0 Å². The number of nitrogens with zero attached hydrogens (tertiary/aromatic N) is 4. The van der Waals surface area contributed by atoms with Gasteiger partial charge in [0.05, 0.1) is 12.2 Å². The van der Waals surface area contributed by atoms with E-state index < -0.39 is 24.9 Å². The maximum Gasteiger partial charge on any atom is 0.272 e. The maximum atomic E-state index is 13.8. The van der Waals surface area contributed by atoms with Crippen molar-refractivity contribution < 1.29 is 22.7 Å². The van der Waals surface area contributed by atoms with Crippen molar-refractivity contribution in [2.24, 2.45) is 0 Å². The summed E-state index contributed by atoms with van der Waals surface area (Å²) in [6.07, 6.45) is 4.08. The molecule has 0 saturated heterocycles. The molecule has 1 N–H and O–H groups in total. The van der Waals surface area contributed by atoms with Gasteiger partial charge in [0.15, 0.2) is 5.65 Å². The van der Waals surface area contributed by atoms with Gasteiger partial charge in [-0.2, -0.15) is 5.10 Å². The zero-order chi connectivity index (χ0) is 22.8. The van der Waals surface area contributed by atoms with Crippen LogP contribution in [-0.4, -0.2) is 38.1 Å². The van der Waals surface area contributed by atoms with Crippen LogP contribution in [0.5, 0.6) is 5.75 Å². The Morgan fingerprint density at radius 2 is 2.03 bits per heavy atom. The third kappa shape index (κ3) is 4.43. The smallest absolute Gasteiger partial charge is 0.272 e. The lowest BCUT2D eigenvalue weighted by atomic mass is 10.1. The highest BCUT2D eigenvalue weighted by Gasteiger charge is 2.17. The number of hydrogen-bond donors (Lipinski definition) is 1. The summed E-state index contributed by atoms with van der Waals surface area (Å²) >= 11 is 0. The van der Waals surface area contributed by atoms with Gasteiger partial charge < -0.3 is 10.1 Å². The van der Waals surface area contributed by atoms with Crippen molar-refractivity contribution in [3.8, 4) is 16.9 Å². The molecule has 0 aliphatic heterocycles. The van der Waals surface area contributed by atoms with Crippen molar-refractivity contribution in [3.63, 3.8) is 0 Å². The Morgan fingerprint density at radius 3 is 2.75 bits per heavy atom. The highest BCUT2D eigenvalue weighted by Crippen LogP contribution is 2.30. The average Bonchev–Trinajstić information content (AvgIpc) is 3.39. The van der Waals surface area contributed by atoms with E-state index in [1.807, 2.05) is 0 Å². The third-order valence-corrected chi connectivity index (χ3v) is 4.90. The van der Waals surface area contributed by atoms with Crippen LogP contribution < -0.4 is 10.1 Å². The van der Waals surface area contributed by atoms with E-state index >= 15 is 0 Å². The highest BCUT2D eigenvalue weighted by molar-refractivity contribution is 5.82. The molecule has 3 heterocycles. The maximum absolute atomic E-state index is 13.8. The molecule has 32 heavy (non-hydrogen) atoms. The lowest BCUT2D eigenvalue weighted by Crippen LogP contribution is -2.13. The molecule has 1 aromatic carbocycles. The fraction of sp³-hybridized carbons (Fsp3) is 0.227. The fourth-order valence-corrected chi connectivity index (χ4v) is 3.35. The predicted molar refractivity (Wildman–Crippen MR) is 113 cm³/mol. The normalized spacial score (nSPS) is 12.3. The lowest BCUT2D eigenvalue weighted by Gasteiger charge is -2.19. The van der Waals surface area contributed by atoms with Gasteiger partial charge in [-0.3, -0.25) is 9.36 Å². The number of nitrogens with one attached hydrogen (secondary N) is 1. The number of halogens is 3. The second kappa shape index (κ2) is 8.74. The number of fused-ring (bicyclic) bond motifs is 1.